The molecule has 3 aromatic rings. The fraction of sp³-hybridized carbons (Fsp3) is 0.350. The van der Waals surface area contributed by atoms with Crippen molar-refractivity contribution < 1.29 is 39.6 Å². The van der Waals surface area contributed by atoms with Gasteiger partial charge in [-0.05, 0) is 13.0 Å². The zero-order valence-corrected chi connectivity index (χ0v) is 19.0. The highest BCUT2D eigenvalue weighted by atomic mass is 32.2. The highest BCUT2D eigenvalue weighted by Crippen LogP contribution is 2.39. The predicted molar refractivity (Wildman–Crippen MR) is 115 cm³/mol. The number of halogens is 5. The van der Waals surface area contributed by atoms with E-state index in [9.17, 15) is 35.2 Å². The van der Waals surface area contributed by atoms with Crippen molar-refractivity contribution >= 4 is 38.5 Å². The normalized spacial score (nSPS) is 15.7. The number of alkyl halides is 3. The molecule has 35 heavy (non-hydrogen) atoms. The van der Waals surface area contributed by atoms with Gasteiger partial charge in [0.2, 0.25) is 5.95 Å². The number of nitrogens with zero attached hydrogens (tertiary/aromatic N) is 3. The third-order valence-electron chi connectivity index (χ3n) is 5.49. The van der Waals surface area contributed by atoms with Crippen molar-refractivity contribution in [3.8, 4) is 0 Å². The van der Waals surface area contributed by atoms with Crippen LogP contribution in [0.2, 0.25) is 0 Å². The van der Waals surface area contributed by atoms with Crippen LogP contribution in [0.5, 0.6) is 0 Å². The Hall–Kier alpha value is -3.49. The van der Waals surface area contributed by atoms with Gasteiger partial charge >= 0.3 is 12.2 Å². The molecule has 0 unspecified atom stereocenters. The number of carbonyl (C=O) groups excluding carboxylic acids is 1. The van der Waals surface area contributed by atoms with Gasteiger partial charge in [0, 0.05) is 36.4 Å². The highest BCUT2D eigenvalue weighted by molar-refractivity contribution is 7.91. The summed E-state index contributed by atoms with van der Waals surface area (Å²) in [5.41, 5.74) is -0.791. The minimum atomic E-state index is -5.03. The number of aryl methyl sites for hydroxylation is 1. The fourth-order valence-corrected chi connectivity index (χ4v) is 4.45. The molecule has 0 aliphatic carbocycles. The molecule has 1 aromatic carbocycles. The predicted octanol–water partition coefficient (Wildman–Crippen LogP) is 3.47. The number of hydrogen-bond donors (Lipinski definition) is 2. The molecule has 1 fully saturated rings. The number of nitrogens with one attached hydrogen (secondary N) is 2. The van der Waals surface area contributed by atoms with Crippen molar-refractivity contribution in [2.75, 3.05) is 29.6 Å². The molecule has 1 aliphatic heterocycles. The maximum absolute atomic E-state index is 14.0. The Balaban J connectivity index is 1.48. The molecule has 15 heteroatoms. The average Bonchev–Trinajstić information content (AvgIpc) is 3.01. The van der Waals surface area contributed by atoms with E-state index in [4.69, 9.17) is 4.42 Å². The maximum Gasteiger partial charge on any atom is 0.416 e. The van der Waals surface area contributed by atoms with Crippen molar-refractivity contribution in [3.63, 3.8) is 0 Å². The van der Waals surface area contributed by atoms with E-state index in [1.165, 1.54) is 6.92 Å². The maximum atomic E-state index is 14.0. The van der Waals surface area contributed by atoms with Crippen molar-refractivity contribution in [1.82, 2.24) is 15.3 Å². The number of hydrogen-bond acceptors (Lipinski definition) is 7. The number of benzene rings is 1. The number of sulfone groups is 1. The average molecular weight is 519 g/mol. The summed E-state index contributed by atoms with van der Waals surface area (Å²) in [7, 11) is -3.20. The van der Waals surface area contributed by atoms with E-state index in [2.05, 4.69) is 15.3 Å². The van der Waals surface area contributed by atoms with Crippen LogP contribution in [0.4, 0.5) is 38.4 Å². The van der Waals surface area contributed by atoms with Gasteiger partial charge in [0.05, 0.1) is 23.3 Å². The van der Waals surface area contributed by atoms with Crippen molar-refractivity contribution in [2.24, 2.45) is 0 Å². The molecule has 1 aliphatic rings. The van der Waals surface area contributed by atoms with E-state index in [1.54, 1.807) is 10.2 Å². The van der Waals surface area contributed by atoms with Crippen LogP contribution in [0.1, 0.15) is 17.4 Å². The summed E-state index contributed by atoms with van der Waals surface area (Å²) in [5, 5.41) is 3.15. The van der Waals surface area contributed by atoms with Gasteiger partial charge < -0.3 is 20.0 Å². The first-order chi connectivity index (χ1) is 16.2. The number of urea groups is 1. The van der Waals surface area contributed by atoms with Crippen LogP contribution >= 0.6 is 0 Å². The number of anilines is 2. The second-order valence-corrected chi connectivity index (χ2v) is 10.4. The van der Waals surface area contributed by atoms with E-state index in [-0.39, 0.29) is 35.7 Å². The lowest BCUT2D eigenvalue weighted by molar-refractivity contribution is -0.158. The first-order valence-electron chi connectivity index (χ1n) is 10.0. The summed E-state index contributed by atoms with van der Waals surface area (Å²) in [5.74, 6) is -2.77. The van der Waals surface area contributed by atoms with E-state index in [1.807, 2.05) is 0 Å². The van der Waals surface area contributed by atoms with Crippen molar-refractivity contribution in [3.05, 3.63) is 47.5 Å². The summed E-state index contributed by atoms with van der Waals surface area (Å²) < 4.78 is 96.8. The van der Waals surface area contributed by atoms with Crippen molar-refractivity contribution in [2.45, 2.75) is 24.4 Å². The van der Waals surface area contributed by atoms with Gasteiger partial charge in [0.25, 0.3) is 0 Å². The molecule has 1 atom stereocenters. The number of rotatable bonds is 5. The Morgan fingerprint density at radius 3 is 2.40 bits per heavy atom. The number of carbonyl (C=O) groups is 1. The molecular weight excluding hydrogens is 501 g/mol. The molecule has 4 rings (SSSR count). The third-order valence-corrected chi connectivity index (χ3v) is 7.00. The second kappa shape index (κ2) is 8.62. The molecule has 3 heterocycles. The first-order valence-corrected chi connectivity index (χ1v) is 12.0. The zero-order valence-electron chi connectivity index (χ0n) is 18.2. The molecule has 2 N–H and O–H groups in total. The summed E-state index contributed by atoms with van der Waals surface area (Å²) in [6.07, 6.45) is -1.62. The Kier molecular flexibility index (Phi) is 6.07. The number of furan rings is 1. The Labute approximate surface area is 195 Å². The minimum absolute atomic E-state index is 0.0400. The van der Waals surface area contributed by atoms with Gasteiger partial charge in [0.15, 0.2) is 27.3 Å². The lowest BCUT2D eigenvalue weighted by atomic mass is 10.1. The van der Waals surface area contributed by atoms with Gasteiger partial charge in [-0.1, -0.05) is 0 Å². The van der Waals surface area contributed by atoms with Crippen LogP contribution < -0.4 is 15.5 Å². The molecule has 0 radical (unpaired) electrons. The Morgan fingerprint density at radius 2 is 1.83 bits per heavy atom. The highest BCUT2D eigenvalue weighted by Gasteiger charge is 2.45. The van der Waals surface area contributed by atoms with E-state index in [0.717, 1.165) is 24.7 Å². The lowest BCUT2D eigenvalue weighted by Crippen LogP contribution is -2.55. The second-order valence-electron chi connectivity index (χ2n) is 8.06. The molecule has 0 spiro atoms. The Bertz CT molecular complexity index is 1390. The largest absolute Gasteiger partial charge is 0.455 e. The Morgan fingerprint density at radius 1 is 1.20 bits per heavy atom. The standard InChI is InChI=1S/C20H18F5N5O4S/c1-9-13-3-10(21)4-14(22)16(13)34-15(9)17(20(23,24)25)29-19(31)28-11-5-26-18(27-6-11)30-7-12(8-30)35(2,32)33/h3-6,12,17H,7-8H2,1-2H3,(H2,28,29,31)/t17-/m0/s1. The number of aromatic nitrogens is 2. The van der Waals surface area contributed by atoms with Gasteiger partial charge in [-0.2, -0.15) is 13.2 Å². The summed E-state index contributed by atoms with van der Waals surface area (Å²) >= 11 is 0. The van der Waals surface area contributed by atoms with Crippen LogP contribution in [0.3, 0.4) is 0 Å². The van der Waals surface area contributed by atoms with Crippen LogP contribution in [-0.2, 0) is 9.84 Å². The SMILES string of the molecule is Cc1c([C@H](NC(=O)Nc2cnc(N3CC(S(C)(=O)=O)C3)nc2)C(F)(F)F)oc2c(F)cc(F)cc12. The van der Waals surface area contributed by atoms with E-state index >= 15 is 0 Å². The topological polar surface area (TPSA) is 117 Å². The molecule has 9 nitrogen and oxygen atoms in total. The van der Waals surface area contributed by atoms with Crippen LogP contribution in [0.15, 0.2) is 28.9 Å². The minimum Gasteiger partial charge on any atom is -0.455 e. The molecular formula is C20H18F5N5O4S. The van der Waals surface area contributed by atoms with Gasteiger partial charge in [-0.15, -0.1) is 0 Å². The zero-order chi connectivity index (χ0) is 25.7. The number of fused-ring (bicyclic) bond motifs is 1. The van der Waals surface area contributed by atoms with Crippen LogP contribution in [0.25, 0.3) is 11.0 Å². The molecule has 0 saturated carbocycles. The van der Waals surface area contributed by atoms with Crippen LogP contribution in [-0.4, -0.2) is 55.2 Å². The third kappa shape index (κ3) is 4.99. The molecule has 1 saturated heterocycles. The van der Waals surface area contributed by atoms with Gasteiger partial charge in [0.1, 0.15) is 11.6 Å². The molecule has 0 bridgehead atoms. The van der Waals surface area contributed by atoms with Gasteiger partial charge in [-0.3, -0.25) is 0 Å². The fourth-order valence-electron chi connectivity index (χ4n) is 3.55. The summed E-state index contributed by atoms with van der Waals surface area (Å²) in [6, 6.07) is -2.63. The molecule has 188 valence electrons. The first kappa shape index (κ1) is 24.6. The summed E-state index contributed by atoms with van der Waals surface area (Å²) in [4.78, 5) is 21.8. The van der Waals surface area contributed by atoms with Crippen LogP contribution in [0, 0.1) is 18.6 Å². The molecule has 2 aromatic heterocycles. The summed E-state index contributed by atoms with van der Waals surface area (Å²) in [6.45, 7) is 1.58. The van der Waals surface area contributed by atoms with Gasteiger partial charge in [-0.25, -0.2) is 32.0 Å². The van der Waals surface area contributed by atoms with E-state index in [0.29, 0.717) is 6.07 Å². The number of amides is 2. The monoisotopic (exact) mass is 519 g/mol. The van der Waals surface area contributed by atoms with Crippen molar-refractivity contribution in [1.29, 1.82) is 0 Å². The lowest BCUT2D eigenvalue weighted by Gasteiger charge is -2.37. The quantitative estimate of drug-likeness (QED) is 0.496. The van der Waals surface area contributed by atoms with E-state index < -0.39 is 56.3 Å². The smallest absolute Gasteiger partial charge is 0.416 e. The molecule has 2 amide bonds.